The number of anilines is 3. The summed E-state index contributed by atoms with van der Waals surface area (Å²) in [5, 5.41) is 3.67. The van der Waals surface area contributed by atoms with E-state index in [1.165, 1.54) is 27.9 Å². The first-order valence-corrected chi connectivity index (χ1v) is 24.3. The fraction of sp³-hybridized carbons (Fsp3) is 0.109. The van der Waals surface area contributed by atoms with Gasteiger partial charge in [0.25, 0.3) is 0 Å². The molecule has 0 spiro atoms. The summed E-state index contributed by atoms with van der Waals surface area (Å²) < 4.78 is 14.0. The molecule has 0 aliphatic carbocycles. The van der Waals surface area contributed by atoms with Crippen molar-refractivity contribution < 1.29 is 14.8 Å². The van der Waals surface area contributed by atoms with Crippen LogP contribution in [0.4, 0.5) is 22.7 Å². The van der Waals surface area contributed by atoms with Gasteiger partial charge in [-0.15, -0.1) is 0 Å². The number of pyridine rings is 1. The van der Waals surface area contributed by atoms with E-state index in [1.807, 2.05) is 12.1 Å². The number of para-hydroxylation sites is 3. The number of nitrogens with zero attached hydrogens (tertiary/aromatic N) is 2. The van der Waals surface area contributed by atoms with Gasteiger partial charge in [0.05, 0.1) is 22.6 Å². The summed E-state index contributed by atoms with van der Waals surface area (Å²) in [4.78, 5) is 7.79. The molecule has 2 N–H and O–H groups in total. The van der Waals surface area contributed by atoms with E-state index in [-0.39, 0.29) is 6.04 Å². The second-order valence-corrected chi connectivity index (χ2v) is 18.7. The Morgan fingerprint density at radius 1 is 0.551 bits per heavy atom. The number of quaternary nitrogens is 1. The molecule has 0 radical (unpaired) electrons. The van der Waals surface area contributed by atoms with E-state index in [9.17, 15) is 0 Å². The molecule has 0 fully saturated rings. The van der Waals surface area contributed by atoms with Gasteiger partial charge in [-0.3, -0.25) is 4.90 Å². The second kappa shape index (κ2) is 16.8. The third-order valence-electron chi connectivity index (χ3n) is 14.8. The van der Waals surface area contributed by atoms with Crippen molar-refractivity contribution in [3.05, 3.63) is 235 Å². The highest BCUT2D eigenvalue weighted by molar-refractivity contribution is 6.01. The summed E-state index contributed by atoms with van der Waals surface area (Å²) in [6, 6.07) is 76.5. The number of rotatable bonds is 7. The molecular formula is C64H50N3O2+. The lowest BCUT2D eigenvalue weighted by molar-refractivity contribution is -0.622. The lowest BCUT2D eigenvalue weighted by atomic mass is 9.75. The van der Waals surface area contributed by atoms with Crippen LogP contribution in [0.3, 0.4) is 0 Å². The van der Waals surface area contributed by atoms with Crippen molar-refractivity contribution in [1.82, 2.24) is 4.98 Å². The van der Waals surface area contributed by atoms with Crippen LogP contribution in [-0.4, -0.2) is 4.98 Å². The molecule has 3 aliphatic rings. The van der Waals surface area contributed by atoms with Crippen molar-refractivity contribution in [2.24, 2.45) is 5.92 Å². The van der Waals surface area contributed by atoms with E-state index in [0.29, 0.717) is 11.8 Å². The van der Waals surface area contributed by atoms with Gasteiger partial charge in [0.2, 0.25) is 0 Å². The smallest absolute Gasteiger partial charge is 0.159 e. The molecule has 9 aromatic carbocycles. The minimum Gasteiger partial charge on any atom is -0.452 e. The Morgan fingerprint density at radius 3 is 1.75 bits per heavy atom. The number of hydrogen-bond acceptors (Lipinski definition) is 4. The molecule has 0 amide bonds. The standard InChI is InChI=1S/C64H49N3O2/c1-3-41-37-48-34-33-46(38-52(48)65-61(45-25-14-7-15-26-45)59(41)43-21-10-5-11-22-43)50-27-16-29-54-63(50)68-56-31-18-32-57-62(56)67(54)55-30-17-28-51(64(55)69-57)47-35-36-49-40(2)58(42-19-8-4-9-20-42)60(66-53(49)39-47)44-23-12-6-13-24-44/h4-36,38-39,41,59,61,65H,3,37H2,1-2H3/p+1. The highest BCUT2D eigenvalue weighted by Gasteiger charge is 2.40. The van der Waals surface area contributed by atoms with Gasteiger partial charge >= 0.3 is 0 Å². The molecule has 5 nitrogen and oxygen atoms in total. The third-order valence-corrected chi connectivity index (χ3v) is 14.8. The van der Waals surface area contributed by atoms with Gasteiger partial charge in [0.1, 0.15) is 17.4 Å². The number of aromatic nitrogens is 1. The predicted molar refractivity (Wildman–Crippen MR) is 280 cm³/mol. The van der Waals surface area contributed by atoms with Crippen LogP contribution in [0.25, 0.3) is 55.5 Å². The molecule has 10 aromatic rings. The van der Waals surface area contributed by atoms with Gasteiger partial charge in [-0.05, 0) is 77.4 Å². The Morgan fingerprint density at radius 2 is 1.12 bits per heavy atom. The fourth-order valence-corrected chi connectivity index (χ4v) is 11.5. The summed E-state index contributed by atoms with van der Waals surface area (Å²) >= 11 is 0. The van der Waals surface area contributed by atoms with Crippen molar-refractivity contribution in [1.29, 1.82) is 0 Å². The number of ether oxygens (including phenoxy) is 2. The fourth-order valence-electron chi connectivity index (χ4n) is 11.5. The quantitative estimate of drug-likeness (QED) is 0.162. The molecule has 69 heavy (non-hydrogen) atoms. The monoisotopic (exact) mass is 892 g/mol. The largest absolute Gasteiger partial charge is 0.452 e. The van der Waals surface area contributed by atoms with Crippen LogP contribution in [0.2, 0.25) is 0 Å². The van der Waals surface area contributed by atoms with Crippen LogP contribution < -0.4 is 19.7 Å². The van der Waals surface area contributed by atoms with E-state index in [4.69, 9.17) is 14.5 Å². The molecule has 1 aromatic heterocycles. The summed E-state index contributed by atoms with van der Waals surface area (Å²) in [5.41, 5.74) is 19.0. The number of nitrogens with two attached hydrogens (primary N) is 1. The topological polar surface area (TPSA) is 51.2 Å². The van der Waals surface area contributed by atoms with Gasteiger partial charge in [0, 0.05) is 50.8 Å². The van der Waals surface area contributed by atoms with Gasteiger partial charge in [-0.2, -0.15) is 0 Å². The van der Waals surface area contributed by atoms with Gasteiger partial charge < -0.3 is 14.8 Å². The molecule has 13 rings (SSSR count). The molecular weight excluding hydrogens is 843 g/mol. The van der Waals surface area contributed by atoms with E-state index in [1.54, 1.807) is 0 Å². The molecule has 3 atom stereocenters. The van der Waals surface area contributed by atoms with Crippen molar-refractivity contribution >= 4 is 33.7 Å². The lowest BCUT2D eigenvalue weighted by Gasteiger charge is -2.39. The highest BCUT2D eigenvalue weighted by Crippen LogP contribution is 2.62. The number of aryl methyl sites for hydroxylation is 1. The molecule has 3 aliphatic heterocycles. The van der Waals surface area contributed by atoms with E-state index >= 15 is 0 Å². The number of benzene rings is 9. The Balaban J connectivity index is 0.917. The van der Waals surface area contributed by atoms with Crippen LogP contribution in [0.5, 0.6) is 23.0 Å². The third kappa shape index (κ3) is 6.92. The zero-order valence-corrected chi connectivity index (χ0v) is 38.6. The van der Waals surface area contributed by atoms with Crippen LogP contribution in [0, 0.1) is 12.8 Å². The molecule has 332 valence electrons. The minimum absolute atomic E-state index is 0.223. The van der Waals surface area contributed by atoms with Crippen LogP contribution >= 0.6 is 0 Å². The molecule has 4 heterocycles. The Labute approximate surface area is 403 Å². The Bertz CT molecular complexity index is 3580. The van der Waals surface area contributed by atoms with Gasteiger partial charge in [0.15, 0.2) is 23.0 Å². The van der Waals surface area contributed by atoms with Crippen molar-refractivity contribution in [2.45, 2.75) is 38.6 Å². The zero-order chi connectivity index (χ0) is 46.0. The van der Waals surface area contributed by atoms with E-state index in [2.05, 4.69) is 224 Å². The SMILES string of the molecule is CCC1Cc2ccc(-c3cccc4c3Oc3cccc5c3N4c3cccc(-c4ccc6c(C)c(-c7ccccc7)c(-c7ccccc7)nc6c4)c3O5)cc2[NH2+]C(c2ccccc2)C1c1ccccc1. The average Bonchev–Trinajstić information content (AvgIpc) is 3.58. The summed E-state index contributed by atoms with van der Waals surface area (Å²) in [7, 11) is 0. The Kier molecular flexibility index (Phi) is 9.99. The van der Waals surface area contributed by atoms with Crippen molar-refractivity contribution in [2.75, 3.05) is 4.90 Å². The maximum Gasteiger partial charge on any atom is 0.159 e. The first-order valence-electron chi connectivity index (χ1n) is 24.3. The van der Waals surface area contributed by atoms with E-state index in [0.717, 1.165) is 108 Å². The molecule has 5 heteroatoms. The lowest BCUT2D eigenvalue weighted by Crippen LogP contribution is -2.80. The van der Waals surface area contributed by atoms with Crippen LogP contribution in [0.1, 0.15) is 47.6 Å². The van der Waals surface area contributed by atoms with Gasteiger partial charge in [-0.25, -0.2) is 4.98 Å². The van der Waals surface area contributed by atoms with Crippen molar-refractivity contribution in [3.8, 4) is 67.6 Å². The van der Waals surface area contributed by atoms with Crippen LogP contribution in [-0.2, 0) is 6.42 Å². The number of fused-ring (bicyclic) bond motifs is 6. The normalized spacial score (nSPS) is 16.6. The number of hydrogen-bond donors (Lipinski definition) is 1. The first kappa shape index (κ1) is 41.0. The minimum atomic E-state index is 0.223. The summed E-state index contributed by atoms with van der Waals surface area (Å²) in [5.74, 6) is 3.98. The van der Waals surface area contributed by atoms with E-state index < -0.39 is 0 Å². The summed E-state index contributed by atoms with van der Waals surface area (Å²) in [6.45, 7) is 4.58. The molecule has 0 saturated heterocycles. The maximum absolute atomic E-state index is 7.02. The second-order valence-electron chi connectivity index (χ2n) is 18.7. The Hall–Kier alpha value is -8.25. The summed E-state index contributed by atoms with van der Waals surface area (Å²) in [6.07, 6.45) is 2.12. The van der Waals surface area contributed by atoms with Gasteiger partial charge in [-0.1, -0.05) is 189 Å². The van der Waals surface area contributed by atoms with Crippen molar-refractivity contribution in [3.63, 3.8) is 0 Å². The molecule has 0 bridgehead atoms. The first-order chi connectivity index (χ1) is 34.1. The highest BCUT2D eigenvalue weighted by atomic mass is 16.5. The van der Waals surface area contributed by atoms with Crippen LogP contribution in [0.15, 0.2) is 212 Å². The maximum atomic E-state index is 7.02. The predicted octanol–water partition coefficient (Wildman–Crippen LogP) is 16.2. The average molecular weight is 893 g/mol. The molecule has 3 unspecified atom stereocenters. The zero-order valence-electron chi connectivity index (χ0n) is 38.6. The molecule has 0 saturated carbocycles.